The Morgan fingerprint density at radius 3 is 1.57 bits per heavy atom. The van der Waals surface area contributed by atoms with Gasteiger partial charge in [-0.3, -0.25) is 19.2 Å². The largest absolute Gasteiger partial charge is 0.479 e. The number of ether oxygens (including phenoxy) is 19. The Hall–Kier alpha value is -4.68. The van der Waals surface area contributed by atoms with Crippen LogP contribution < -0.4 is 0 Å². The van der Waals surface area contributed by atoms with Gasteiger partial charge in [0.2, 0.25) is 6.29 Å². The van der Waals surface area contributed by atoms with E-state index in [1.165, 1.54) is 13.8 Å². The first-order valence-corrected chi connectivity index (χ1v) is 49.2. The Morgan fingerprint density at radius 2 is 0.979 bits per heavy atom. The predicted octanol–water partition coefficient (Wildman–Crippen LogP) is -5.12. The highest BCUT2D eigenvalue weighted by Gasteiger charge is 2.74. The number of carbonyl (C=O) groups is 6. The van der Waals surface area contributed by atoms with Gasteiger partial charge >= 0.3 is 29.8 Å². The predicted molar refractivity (Wildman–Crippen MR) is 468 cm³/mol. The van der Waals surface area contributed by atoms with Crippen LogP contribution in [0.25, 0.3) is 0 Å². The summed E-state index contributed by atoms with van der Waals surface area (Å²) in [5, 5.41) is 244. The summed E-state index contributed by atoms with van der Waals surface area (Å²) in [6.07, 6.45) is -70.4. The fourth-order valence-corrected chi connectivity index (χ4v) is 24.4. The second-order valence-electron chi connectivity index (χ2n) is 43.0. The van der Waals surface area contributed by atoms with Gasteiger partial charge in [-0.1, -0.05) is 93.7 Å². The molecule has 13 aliphatic rings. The van der Waals surface area contributed by atoms with E-state index in [9.17, 15) is 136 Å². The fourth-order valence-electron chi connectivity index (χ4n) is 24.4. The van der Waals surface area contributed by atoms with Crippen molar-refractivity contribution in [3.63, 3.8) is 0 Å². The SMILES string of the molecule is CC[C@H](C)[C@H](C[C@H](O)CC(=O)O[C@@H]1[C@H](OC(C)=O)[C@@H](O[C@@H]2O[C@@H](C)[C@H](O[C@@H]3OC[C@@H](O)[C@H](O[C@@H]4OC[C@@H](O)[C@H](O)[C@H]4O)[C@H]3O)[C@@H](O)[C@H]2O)[C@H](OC(=O)[C@]23CCC(C)(C)C[C@H]2C2=CC[C@@H]4[C@@]5(C)CC[C@H](O[C@@H]6O[C@H](C(=O)O)[C@@H](O)[C@H](O[C@@H]7OC[C@@H](O)[C@H](O)[C@H]7O)[C@H]6O[C@@H]6O[C@H](CO)[C@H](O)[C@H](O)[C@H]6O)[C@@](C)(C=O)[C@@H]5CC[C@@]4(C)[C@]2(C)C[C@H]3O)O[C@@H]1C)OC(=O)C[C@@H](O)C[C@H](O[C@@H]1O[C@@H](CO)[C@H](O)[C@H]1O)[C@@H](C)CC. The van der Waals surface area contributed by atoms with Gasteiger partial charge < -0.3 is 207 Å². The van der Waals surface area contributed by atoms with E-state index in [2.05, 4.69) is 19.9 Å². The van der Waals surface area contributed by atoms with Gasteiger partial charge in [0.25, 0.3) is 0 Å². The van der Waals surface area contributed by atoms with Crippen molar-refractivity contribution in [3.05, 3.63) is 11.6 Å². The molecular weight excluding hydrogens is 1880 g/mol. The Bertz CT molecular complexity index is 4210. The van der Waals surface area contributed by atoms with Crippen LogP contribution in [0, 0.1) is 62.1 Å². The number of hydrogen-bond donors (Lipinski definition) is 22. The second-order valence-corrected chi connectivity index (χ2v) is 43.0. The van der Waals surface area contributed by atoms with Crippen molar-refractivity contribution in [2.24, 2.45) is 62.1 Å². The molecule has 0 spiro atoms. The van der Waals surface area contributed by atoms with Crippen molar-refractivity contribution in [2.45, 2.75) is 444 Å². The molecule has 8 heterocycles. The minimum atomic E-state index is -2.27. The van der Waals surface area contributed by atoms with Crippen LogP contribution in [0.1, 0.15) is 186 Å². The molecule has 12 fully saturated rings. The third-order valence-corrected chi connectivity index (χ3v) is 33.4. The number of aldehydes is 1. The highest BCUT2D eigenvalue weighted by atomic mass is 16.8. The fraction of sp³-hybridized carbons (Fsp3) is 0.915. The third-order valence-electron chi connectivity index (χ3n) is 33.4. The summed E-state index contributed by atoms with van der Waals surface area (Å²) in [5.74, 6) is -8.45. The monoisotopic (exact) mass is 2030 g/mol. The topological polar surface area (TPSA) is 723 Å². The number of carboxylic acid groups (broad SMARTS) is 1. The smallest absolute Gasteiger partial charge is 0.335 e. The molecule has 141 heavy (non-hydrogen) atoms. The van der Waals surface area contributed by atoms with E-state index in [1.54, 1.807) is 27.7 Å². The molecule has 0 aromatic carbocycles. The molecule has 52 atom stereocenters. The number of fused-ring (bicyclic) bond motifs is 7. The van der Waals surface area contributed by atoms with E-state index >= 15 is 4.79 Å². The molecule has 0 unspecified atom stereocenters. The summed E-state index contributed by atoms with van der Waals surface area (Å²) in [6, 6.07) is 0. The van der Waals surface area contributed by atoms with Crippen molar-refractivity contribution in [3.8, 4) is 0 Å². The van der Waals surface area contributed by atoms with Gasteiger partial charge in [0.1, 0.15) is 152 Å². The highest BCUT2D eigenvalue weighted by molar-refractivity contribution is 5.80. The zero-order valence-corrected chi connectivity index (χ0v) is 81.5. The minimum Gasteiger partial charge on any atom is -0.479 e. The lowest BCUT2D eigenvalue weighted by atomic mass is 9.33. The average Bonchev–Trinajstić information content (AvgIpc) is 0.900. The lowest BCUT2D eigenvalue weighted by Gasteiger charge is -2.71. The molecular formula is C94H150O47. The molecule has 8 aliphatic heterocycles. The normalized spacial score (nSPS) is 48.0. The van der Waals surface area contributed by atoms with Gasteiger partial charge in [-0.25, -0.2) is 4.79 Å². The van der Waals surface area contributed by atoms with Crippen LogP contribution in [0.15, 0.2) is 11.6 Å². The van der Waals surface area contributed by atoms with Crippen molar-refractivity contribution in [2.75, 3.05) is 33.0 Å². The van der Waals surface area contributed by atoms with Gasteiger partial charge in [0.15, 0.2) is 68.4 Å². The maximum Gasteiger partial charge on any atom is 0.335 e. The molecule has 47 nitrogen and oxygen atoms in total. The quantitative estimate of drug-likeness (QED) is 0.00928. The summed E-state index contributed by atoms with van der Waals surface area (Å²) in [6.45, 7) is 19.5. The Morgan fingerprint density at radius 1 is 0.475 bits per heavy atom. The summed E-state index contributed by atoms with van der Waals surface area (Å²) < 4.78 is 115. The van der Waals surface area contributed by atoms with Crippen LogP contribution in [-0.2, 0) is 119 Å². The summed E-state index contributed by atoms with van der Waals surface area (Å²) in [5.41, 5.74) is -5.68. The molecule has 0 radical (unpaired) electrons. The minimum absolute atomic E-state index is 0.0101. The lowest BCUT2D eigenvalue weighted by molar-refractivity contribution is -0.391. The number of hydrogen-bond acceptors (Lipinski definition) is 46. The van der Waals surface area contributed by atoms with Gasteiger partial charge in [0.05, 0.1) is 94.0 Å². The van der Waals surface area contributed by atoms with Crippen molar-refractivity contribution in [1.29, 1.82) is 0 Å². The first-order valence-electron chi connectivity index (χ1n) is 49.2. The van der Waals surface area contributed by atoms with Crippen molar-refractivity contribution >= 4 is 36.1 Å². The van der Waals surface area contributed by atoms with Crippen LogP contribution in [0.5, 0.6) is 0 Å². The van der Waals surface area contributed by atoms with Crippen LogP contribution in [0.3, 0.4) is 0 Å². The van der Waals surface area contributed by atoms with Crippen LogP contribution in [0.2, 0.25) is 0 Å². The van der Waals surface area contributed by atoms with Gasteiger partial charge in [0, 0.05) is 19.8 Å². The Kier molecular flexibility index (Phi) is 36.7. The zero-order chi connectivity index (χ0) is 104. The summed E-state index contributed by atoms with van der Waals surface area (Å²) >= 11 is 0. The highest BCUT2D eigenvalue weighted by Crippen LogP contribution is 2.76. The van der Waals surface area contributed by atoms with E-state index in [0.717, 1.165) is 18.8 Å². The van der Waals surface area contributed by atoms with E-state index in [-0.39, 0.29) is 50.4 Å². The van der Waals surface area contributed by atoms with Crippen LogP contribution in [0.4, 0.5) is 0 Å². The molecule has 8 saturated heterocycles. The van der Waals surface area contributed by atoms with Crippen LogP contribution >= 0.6 is 0 Å². The number of esters is 4. The molecule has 0 amide bonds. The molecule has 0 bridgehead atoms. The molecule has 0 aromatic rings. The Labute approximate surface area is 815 Å². The number of carboxylic acids is 1. The Balaban J connectivity index is 0.767. The van der Waals surface area contributed by atoms with E-state index in [0.29, 0.717) is 44.9 Å². The number of allylic oxidation sites excluding steroid dienone is 2. The standard InChI is InChI=1S/C94H150O47/c1-14-36(3)48(129-56(105)26-42(100)25-49(37(4)15-2)130-84-66(115)61(110)51(31-96)131-84)24-41(99)27-57(106)134-72-39(6)127-86(78(76(72)128-40(7)98)140-83-68(117)63(112)71(38(5)126-83)135-82-70(119)73(47(103)34-125-82)136-80-64(113)58(107)45(101)32-123-80)141-88(122)94-23-22-89(8,9)28-44(94)43-16-17-53-90(10)20-19-55(91(11,35-97)52(90)18-21-92(53,12)93(43,13)29-54(94)104)133-87-77(139-85-67(116)62(111)60(109)50(30-95)132-85)74(69(118)75(138-87)79(120)121)137-81-65(114)59(108)46(102)33-124-81/h16,35-39,41-42,44-55,58-78,80-87,95-96,99-104,107-119H,14-15,17-34H2,1-13H3,(H,120,121)/t36-,37-,38-,39+,41-,42-,44-,45+,46+,47+,48-,49-,50+,51-,52+,53+,54+,55-,58-,59-,60-,61-,62-,63-,64+,65+,66+,67+,68+,69-,70+,71-,72-,73-,74-,75-,76-,77+,78+,80-,81-,82-,83-,84+,85-,86-,87+,90-,91-,92+,93+,94+/m0/s1. The number of aliphatic hydroxyl groups is 21. The maximum absolute atomic E-state index is 16.6. The van der Waals surface area contributed by atoms with Crippen LogP contribution in [-0.4, -0.2) is 439 Å². The molecule has 4 saturated carbocycles. The maximum atomic E-state index is 16.6. The number of rotatable bonds is 35. The molecule has 22 N–H and O–H groups in total. The van der Waals surface area contributed by atoms with Gasteiger partial charge in [-0.2, -0.15) is 0 Å². The molecule has 5 aliphatic carbocycles. The van der Waals surface area contributed by atoms with E-state index < -0.39 is 384 Å². The second kappa shape index (κ2) is 45.6. The number of aliphatic hydroxyl groups excluding tert-OH is 21. The summed E-state index contributed by atoms with van der Waals surface area (Å²) in [4.78, 5) is 86.5. The van der Waals surface area contributed by atoms with E-state index in [4.69, 9.17) is 90.0 Å². The zero-order valence-electron chi connectivity index (χ0n) is 81.5. The molecule has 13 rings (SSSR count). The first-order chi connectivity index (χ1) is 66.2. The summed E-state index contributed by atoms with van der Waals surface area (Å²) in [7, 11) is 0. The average molecular weight is 2030 g/mol. The molecule has 808 valence electrons. The van der Waals surface area contributed by atoms with Gasteiger partial charge in [-0.05, 0) is 123 Å². The van der Waals surface area contributed by atoms with Gasteiger partial charge in [-0.15, -0.1) is 0 Å². The van der Waals surface area contributed by atoms with Crippen molar-refractivity contribution < 1.29 is 231 Å². The molecule has 47 heteroatoms. The van der Waals surface area contributed by atoms with Crippen molar-refractivity contribution in [1.82, 2.24) is 0 Å². The lowest BCUT2D eigenvalue weighted by Crippen LogP contribution is -2.69. The molecule has 0 aromatic heterocycles. The number of aliphatic carboxylic acids is 1. The first kappa shape index (κ1) is 113. The third kappa shape index (κ3) is 22.6. The van der Waals surface area contributed by atoms with E-state index in [1.807, 2.05) is 27.7 Å². The number of carbonyl (C=O) groups excluding carboxylic acids is 5.